The van der Waals surface area contributed by atoms with Crippen LogP contribution < -0.4 is 4.90 Å². The van der Waals surface area contributed by atoms with Gasteiger partial charge in [0.05, 0.1) is 24.6 Å². The first kappa shape index (κ1) is 20.0. The molecule has 1 aliphatic heterocycles. The number of nitrogens with zero attached hydrogens (tertiary/aromatic N) is 5. The monoisotopic (exact) mass is 405 g/mol. The van der Waals surface area contributed by atoms with Gasteiger partial charge in [-0.3, -0.25) is 9.56 Å². The Kier molecular flexibility index (Phi) is 5.72. The summed E-state index contributed by atoms with van der Waals surface area (Å²) in [7, 11) is 0. The number of hydrogen-bond donors (Lipinski definition) is 0. The van der Waals surface area contributed by atoms with Crippen molar-refractivity contribution in [2.75, 3.05) is 31.2 Å². The second-order valence-electron chi connectivity index (χ2n) is 7.12. The summed E-state index contributed by atoms with van der Waals surface area (Å²) in [5.74, 6) is 1.41. The van der Waals surface area contributed by atoms with Crippen molar-refractivity contribution in [1.29, 1.82) is 0 Å². The number of aliphatic imine (C=N–C) groups is 1. The number of hydrogen-bond acceptors (Lipinski definition) is 5. The number of benzene rings is 1. The van der Waals surface area contributed by atoms with Crippen molar-refractivity contribution in [2.24, 2.45) is 4.99 Å². The number of aryl methyl sites for hydroxylation is 1. The molecule has 2 aromatic heterocycles. The minimum atomic E-state index is -0.276. The molecule has 3 aromatic rings. The summed E-state index contributed by atoms with van der Waals surface area (Å²) in [6.45, 7) is 10.5. The number of pyridine rings is 1. The third-order valence-electron chi connectivity index (χ3n) is 5.21. The zero-order valence-corrected chi connectivity index (χ0v) is 17.2. The molecule has 0 amide bonds. The van der Waals surface area contributed by atoms with Crippen LogP contribution in [0.2, 0.25) is 0 Å². The lowest BCUT2D eigenvalue weighted by Gasteiger charge is -2.28. The highest BCUT2D eigenvalue weighted by atomic mass is 19.1. The van der Waals surface area contributed by atoms with Crippen LogP contribution in [0.15, 0.2) is 47.6 Å². The highest BCUT2D eigenvalue weighted by Gasteiger charge is 2.19. The molecule has 0 atom stereocenters. The maximum Gasteiger partial charge on any atom is 0.147 e. The molecule has 3 heterocycles. The zero-order valence-electron chi connectivity index (χ0n) is 17.2. The van der Waals surface area contributed by atoms with Crippen molar-refractivity contribution < 1.29 is 9.13 Å². The molecule has 0 spiro atoms. The number of anilines is 1. The second kappa shape index (κ2) is 8.59. The lowest BCUT2D eigenvalue weighted by atomic mass is 10.1. The summed E-state index contributed by atoms with van der Waals surface area (Å²) in [4.78, 5) is 15.7. The topological polar surface area (TPSA) is 55.5 Å². The van der Waals surface area contributed by atoms with Crippen LogP contribution >= 0.6 is 0 Å². The predicted molar refractivity (Wildman–Crippen MR) is 118 cm³/mol. The van der Waals surface area contributed by atoms with Gasteiger partial charge in [-0.15, -0.1) is 0 Å². The average Bonchev–Trinajstić information content (AvgIpc) is 3.09. The lowest BCUT2D eigenvalue weighted by molar-refractivity contribution is 0.122. The Hall–Kier alpha value is -3.32. The van der Waals surface area contributed by atoms with Gasteiger partial charge in [0, 0.05) is 36.2 Å². The zero-order chi connectivity index (χ0) is 21.1. The summed E-state index contributed by atoms with van der Waals surface area (Å²) in [6, 6.07) is 10.5. The van der Waals surface area contributed by atoms with Gasteiger partial charge in [-0.1, -0.05) is 0 Å². The van der Waals surface area contributed by atoms with Crippen LogP contribution in [0, 0.1) is 19.7 Å². The summed E-state index contributed by atoms with van der Waals surface area (Å²) < 4.78 is 21.0. The van der Waals surface area contributed by atoms with E-state index in [4.69, 9.17) is 14.7 Å². The minimum Gasteiger partial charge on any atom is -0.378 e. The van der Waals surface area contributed by atoms with Gasteiger partial charge in [0.25, 0.3) is 0 Å². The van der Waals surface area contributed by atoms with E-state index in [0.717, 1.165) is 53.1 Å². The number of ether oxygens (including phenoxy) is 1. The van der Waals surface area contributed by atoms with Crippen LogP contribution in [0.1, 0.15) is 17.1 Å². The van der Waals surface area contributed by atoms with E-state index in [1.54, 1.807) is 18.3 Å². The maximum absolute atomic E-state index is 13.5. The molecular formula is C23H24FN5O. The normalized spacial score (nSPS) is 14.4. The molecule has 1 aromatic carbocycles. The van der Waals surface area contributed by atoms with Gasteiger partial charge in [0.1, 0.15) is 17.5 Å². The van der Waals surface area contributed by atoms with Crippen molar-refractivity contribution in [3.63, 3.8) is 0 Å². The summed E-state index contributed by atoms with van der Waals surface area (Å²) in [6.07, 6.45) is 3.43. The predicted octanol–water partition coefficient (Wildman–Crippen LogP) is 4.20. The van der Waals surface area contributed by atoms with E-state index >= 15 is 0 Å². The molecule has 0 aliphatic carbocycles. The molecule has 154 valence electrons. The summed E-state index contributed by atoms with van der Waals surface area (Å²) >= 11 is 0. The number of imidazole rings is 1. The van der Waals surface area contributed by atoms with Gasteiger partial charge < -0.3 is 9.64 Å². The second-order valence-corrected chi connectivity index (χ2v) is 7.12. The first-order valence-electron chi connectivity index (χ1n) is 9.87. The van der Waals surface area contributed by atoms with Crippen LogP contribution in [-0.4, -0.2) is 47.6 Å². The maximum atomic E-state index is 13.5. The van der Waals surface area contributed by atoms with Gasteiger partial charge in [-0.25, -0.2) is 14.4 Å². The molecule has 4 rings (SSSR count). The fraction of sp³-hybridized carbons (Fsp3) is 0.261. The van der Waals surface area contributed by atoms with Crippen molar-refractivity contribution in [3.8, 4) is 17.1 Å². The van der Waals surface area contributed by atoms with E-state index < -0.39 is 0 Å². The van der Waals surface area contributed by atoms with Gasteiger partial charge in [-0.05, 0) is 63.0 Å². The van der Waals surface area contributed by atoms with Crippen molar-refractivity contribution >= 4 is 18.6 Å². The van der Waals surface area contributed by atoms with E-state index in [-0.39, 0.29) is 5.82 Å². The van der Waals surface area contributed by atoms with Gasteiger partial charge in [0.15, 0.2) is 0 Å². The van der Waals surface area contributed by atoms with E-state index in [0.29, 0.717) is 13.2 Å². The molecule has 7 heteroatoms. The van der Waals surface area contributed by atoms with Crippen molar-refractivity contribution in [3.05, 3.63) is 65.5 Å². The Bertz CT molecular complexity index is 1080. The van der Waals surface area contributed by atoms with E-state index in [2.05, 4.69) is 16.6 Å². The van der Waals surface area contributed by atoms with E-state index in [9.17, 15) is 4.39 Å². The molecule has 0 N–H and O–H groups in total. The molecule has 30 heavy (non-hydrogen) atoms. The number of morpholine rings is 1. The molecule has 1 fully saturated rings. The van der Waals surface area contributed by atoms with Gasteiger partial charge in [0.2, 0.25) is 0 Å². The molecule has 0 unspecified atom stereocenters. The molecule has 0 saturated carbocycles. The third kappa shape index (κ3) is 3.89. The van der Waals surface area contributed by atoms with Crippen LogP contribution in [0.5, 0.6) is 0 Å². The Morgan fingerprint density at radius 2 is 1.80 bits per heavy atom. The van der Waals surface area contributed by atoms with Crippen LogP contribution in [0.3, 0.4) is 0 Å². The Labute approximate surface area is 175 Å². The van der Waals surface area contributed by atoms with E-state index in [1.807, 2.05) is 36.6 Å². The van der Waals surface area contributed by atoms with Gasteiger partial charge in [-0.2, -0.15) is 0 Å². The van der Waals surface area contributed by atoms with Crippen LogP contribution in [0.25, 0.3) is 23.2 Å². The summed E-state index contributed by atoms with van der Waals surface area (Å²) in [5, 5.41) is 0. The largest absolute Gasteiger partial charge is 0.378 e. The SMILES string of the molecule is C=N/C=C\c1nc(-c2ccc(N3CCOCC3)nc2C)n(-c2ccc(F)cc2)c1C. The Balaban J connectivity index is 1.82. The number of aromatic nitrogens is 3. The first-order valence-corrected chi connectivity index (χ1v) is 9.87. The van der Waals surface area contributed by atoms with E-state index in [1.165, 1.54) is 12.1 Å². The quantitative estimate of drug-likeness (QED) is 0.597. The van der Waals surface area contributed by atoms with Crippen LogP contribution in [0.4, 0.5) is 10.2 Å². The minimum absolute atomic E-state index is 0.276. The third-order valence-corrected chi connectivity index (χ3v) is 5.21. The Morgan fingerprint density at radius 3 is 2.47 bits per heavy atom. The number of rotatable bonds is 5. The highest BCUT2D eigenvalue weighted by molar-refractivity contribution is 5.67. The molecule has 1 saturated heterocycles. The molecule has 0 bridgehead atoms. The molecule has 1 aliphatic rings. The van der Waals surface area contributed by atoms with Crippen molar-refractivity contribution in [2.45, 2.75) is 13.8 Å². The van der Waals surface area contributed by atoms with Gasteiger partial charge >= 0.3 is 0 Å². The lowest BCUT2D eigenvalue weighted by Crippen LogP contribution is -2.36. The average molecular weight is 405 g/mol. The first-order chi connectivity index (χ1) is 14.6. The van der Waals surface area contributed by atoms with Crippen LogP contribution in [-0.2, 0) is 4.74 Å². The summed E-state index contributed by atoms with van der Waals surface area (Å²) in [5.41, 5.74) is 4.33. The molecular weight excluding hydrogens is 381 g/mol. The number of halogens is 1. The molecule has 6 nitrogen and oxygen atoms in total. The fourth-order valence-electron chi connectivity index (χ4n) is 3.64. The standard InChI is InChI=1S/C23H24FN5O/c1-16-20(8-9-22(26-16)28-12-14-30-15-13-28)23-27-21(10-11-25-3)17(2)29(23)19-6-4-18(24)5-7-19/h4-11H,3,12-15H2,1-2H3/b11-10-. The smallest absolute Gasteiger partial charge is 0.147 e. The Morgan fingerprint density at radius 1 is 1.07 bits per heavy atom. The van der Waals surface area contributed by atoms with Crippen molar-refractivity contribution in [1.82, 2.24) is 14.5 Å². The highest BCUT2D eigenvalue weighted by Crippen LogP contribution is 2.30. The fourth-order valence-corrected chi connectivity index (χ4v) is 3.64. The molecule has 0 radical (unpaired) electrons.